The van der Waals surface area contributed by atoms with Gasteiger partial charge in [-0.15, -0.1) is 10.2 Å². The lowest BCUT2D eigenvalue weighted by molar-refractivity contribution is -0.128. The van der Waals surface area contributed by atoms with Gasteiger partial charge < -0.3 is 10.2 Å². The van der Waals surface area contributed by atoms with Crippen LogP contribution in [0, 0.1) is 5.92 Å². The lowest BCUT2D eigenvalue weighted by Crippen LogP contribution is -2.28. The van der Waals surface area contributed by atoms with Gasteiger partial charge in [-0.3, -0.25) is 9.59 Å². The number of rotatable bonds is 5. The summed E-state index contributed by atoms with van der Waals surface area (Å²) in [5.74, 6) is -0.478. The van der Waals surface area contributed by atoms with Gasteiger partial charge in [0.05, 0.1) is 5.92 Å². The Morgan fingerprint density at radius 2 is 2.13 bits per heavy atom. The highest BCUT2D eigenvalue weighted by Crippen LogP contribution is 2.23. The maximum atomic E-state index is 12.3. The molecule has 1 N–H and O–H groups in total. The van der Waals surface area contributed by atoms with E-state index in [4.69, 9.17) is 0 Å². The fourth-order valence-corrected chi connectivity index (χ4v) is 3.24. The Labute approximate surface area is 138 Å². The summed E-state index contributed by atoms with van der Waals surface area (Å²) in [4.78, 5) is 26.2. The number of carbonyl (C=O) groups is 2. The van der Waals surface area contributed by atoms with Crippen LogP contribution in [0.4, 0.5) is 5.13 Å². The van der Waals surface area contributed by atoms with Crippen molar-refractivity contribution in [3.05, 3.63) is 40.9 Å². The van der Waals surface area contributed by atoms with Gasteiger partial charge in [0.2, 0.25) is 16.9 Å². The van der Waals surface area contributed by atoms with Crippen molar-refractivity contribution in [2.75, 3.05) is 11.9 Å². The van der Waals surface area contributed by atoms with Gasteiger partial charge in [0.25, 0.3) is 0 Å². The molecule has 6 nitrogen and oxygen atoms in total. The van der Waals surface area contributed by atoms with Crippen molar-refractivity contribution in [2.45, 2.75) is 26.3 Å². The molecule has 1 aliphatic rings. The van der Waals surface area contributed by atoms with Crippen LogP contribution < -0.4 is 5.32 Å². The van der Waals surface area contributed by atoms with Gasteiger partial charge in [0.15, 0.2) is 0 Å². The molecule has 1 unspecified atom stereocenters. The van der Waals surface area contributed by atoms with Gasteiger partial charge in [-0.1, -0.05) is 48.6 Å². The van der Waals surface area contributed by atoms with Gasteiger partial charge in [0.1, 0.15) is 5.01 Å². The van der Waals surface area contributed by atoms with Gasteiger partial charge in [-0.2, -0.15) is 0 Å². The zero-order valence-electron chi connectivity index (χ0n) is 12.9. The first-order valence-corrected chi connectivity index (χ1v) is 8.42. The van der Waals surface area contributed by atoms with Crippen LogP contribution in [0.15, 0.2) is 30.3 Å². The van der Waals surface area contributed by atoms with E-state index in [1.165, 1.54) is 11.3 Å². The summed E-state index contributed by atoms with van der Waals surface area (Å²) < 4.78 is 0. The molecule has 1 atom stereocenters. The van der Waals surface area contributed by atoms with E-state index >= 15 is 0 Å². The predicted octanol–water partition coefficient (Wildman–Crippen LogP) is 2.09. The molecule has 120 valence electrons. The molecule has 1 aliphatic heterocycles. The number of carbonyl (C=O) groups excluding carboxylic acids is 2. The van der Waals surface area contributed by atoms with Crippen molar-refractivity contribution < 1.29 is 9.59 Å². The van der Waals surface area contributed by atoms with Gasteiger partial charge >= 0.3 is 0 Å². The van der Waals surface area contributed by atoms with E-state index in [9.17, 15) is 9.59 Å². The quantitative estimate of drug-likeness (QED) is 0.911. The summed E-state index contributed by atoms with van der Waals surface area (Å²) >= 11 is 1.37. The van der Waals surface area contributed by atoms with Crippen LogP contribution in [0.25, 0.3) is 0 Å². The summed E-state index contributed by atoms with van der Waals surface area (Å²) in [5.41, 5.74) is 1.07. The fraction of sp³-hybridized carbons (Fsp3) is 0.375. The van der Waals surface area contributed by atoms with Crippen molar-refractivity contribution >= 4 is 28.3 Å². The van der Waals surface area contributed by atoms with Crippen molar-refractivity contribution in [1.29, 1.82) is 0 Å². The van der Waals surface area contributed by atoms with Crippen molar-refractivity contribution in [3.63, 3.8) is 0 Å². The first-order valence-electron chi connectivity index (χ1n) is 7.60. The molecular formula is C16H18N4O2S. The normalized spacial score (nSPS) is 17.5. The number of nitrogens with one attached hydrogen (secondary N) is 1. The number of nitrogens with zero attached hydrogens (tertiary/aromatic N) is 3. The molecule has 1 fully saturated rings. The average Bonchev–Trinajstić information content (AvgIpc) is 3.15. The highest BCUT2D eigenvalue weighted by Gasteiger charge is 2.34. The van der Waals surface area contributed by atoms with Crippen LogP contribution >= 0.6 is 11.3 Å². The molecule has 0 spiro atoms. The number of hydrogen-bond acceptors (Lipinski definition) is 5. The van der Waals surface area contributed by atoms with Crippen LogP contribution in [0.3, 0.4) is 0 Å². The molecule has 23 heavy (non-hydrogen) atoms. The minimum absolute atomic E-state index is 0.0144. The Bertz CT molecular complexity index is 701. The molecule has 1 aromatic carbocycles. The number of hydrogen-bond donors (Lipinski definition) is 1. The number of anilines is 1. The van der Waals surface area contributed by atoms with E-state index in [2.05, 4.69) is 15.5 Å². The van der Waals surface area contributed by atoms with Crippen molar-refractivity contribution in [2.24, 2.45) is 5.92 Å². The Morgan fingerprint density at radius 3 is 2.83 bits per heavy atom. The van der Waals surface area contributed by atoms with Gasteiger partial charge in [-0.05, 0) is 12.0 Å². The number of aryl methyl sites for hydroxylation is 1. The van der Waals surface area contributed by atoms with Crippen LogP contribution in [-0.4, -0.2) is 33.5 Å². The lowest BCUT2D eigenvalue weighted by Gasteiger charge is -2.16. The van der Waals surface area contributed by atoms with Crippen LogP contribution in [0.2, 0.25) is 0 Å². The maximum absolute atomic E-state index is 12.3. The number of amides is 2. The smallest absolute Gasteiger partial charge is 0.231 e. The number of aromatic nitrogens is 2. The molecule has 0 saturated carbocycles. The zero-order valence-corrected chi connectivity index (χ0v) is 13.7. The van der Waals surface area contributed by atoms with Crippen molar-refractivity contribution in [3.8, 4) is 0 Å². The molecule has 1 saturated heterocycles. The maximum Gasteiger partial charge on any atom is 0.231 e. The highest BCUT2D eigenvalue weighted by molar-refractivity contribution is 7.15. The van der Waals surface area contributed by atoms with Crippen LogP contribution in [0.5, 0.6) is 0 Å². The van der Waals surface area contributed by atoms with E-state index in [1.54, 1.807) is 4.90 Å². The van der Waals surface area contributed by atoms with E-state index in [-0.39, 0.29) is 24.2 Å². The second-order valence-corrected chi connectivity index (χ2v) is 6.57. The summed E-state index contributed by atoms with van der Waals surface area (Å²) in [7, 11) is 0. The molecule has 1 aromatic heterocycles. The molecule has 0 bridgehead atoms. The first-order chi connectivity index (χ1) is 11.2. The van der Waals surface area contributed by atoms with Gasteiger partial charge in [-0.25, -0.2) is 0 Å². The third kappa shape index (κ3) is 3.73. The number of likely N-dealkylation sites (tertiary alicyclic amines) is 1. The molecule has 2 amide bonds. The third-order valence-electron chi connectivity index (χ3n) is 3.80. The summed E-state index contributed by atoms with van der Waals surface area (Å²) in [6.07, 6.45) is 1.04. The zero-order chi connectivity index (χ0) is 16.2. The molecular weight excluding hydrogens is 312 g/mol. The van der Waals surface area contributed by atoms with Crippen LogP contribution in [0.1, 0.15) is 23.9 Å². The standard InChI is InChI=1S/C16H18N4O2S/c1-2-13-18-19-16(23-13)17-15(22)12-8-14(21)20(10-12)9-11-6-4-3-5-7-11/h3-7,12H,2,8-10H2,1H3,(H,17,19,22). The fourth-order valence-electron chi connectivity index (χ4n) is 2.56. The second kappa shape index (κ2) is 6.87. The average molecular weight is 330 g/mol. The summed E-state index contributed by atoms with van der Waals surface area (Å²) in [6, 6.07) is 9.79. The summed E-state index contributed by atoms with van der Waals surface area (Å²) in [5, 5.41) is 12.1. The Balaban J connectivity index is 1.59. The first kappa shape index (κ1) is 15.6. The SMILES string of the molecule is CCc1nnc(NC(=O)C2CC(=O)N(Cc3ccccc3)C2)s1. The highest BCUT2D eigenvalue weighted by atomic mass is 32.1. The minimum Gasteiger partial charge on any atom is -0.338 e. The predicted molar refractivity (Wildman–Crippen MR) is 87.9 cm³/mol. The molecule has 2 heterocycles. The Morgan fingerprint density at radius 1 is 1.35 bits per heavy atom. The van der Waals surface area contributed by atoms with E-state index in [0.717, 1.165) is 17.0 Å². The molecule has 2 aromatic rings. The molecule has 0 radical (unpaired) electrons. The number of benzene rings is 1. The van der Waals surface area contributed by atoms with E-state index in [0.29, 0.717) is 18.2 Å². The van der Waals surface area contributed by atoms with Gasteiger partial charge in [0, 0.05) is 19.5 Å². The lowest BCUT2D eigenvalue weighted by atomic mass is 10.1. The largest absolute Gasteiger partial charge is 0.338 e. The topological polar surface area (TPSA) is 75.2 Å². The Hall–Kier alpha value is -2.28. The summed E-state index contributed by atoms with van der Waals surface area (Å²) in [6.45, 7) is 2.98. The van der Waals surface area contributed by atoms with E-state index in [1.807, 2.05) is 37.3 Å². The molecule has 3 rings (SSSR count). The monoisotopic (exact) mass is 330 g/mol. The third-order valence-corrected chi connectivity index (χ3v) is 4.78. The molecule has 0 aliphatic carbocycles. The van der Waals surface area contributed by atoms with Crippen LogP contribution in [-0.2, 0) is 22.6 Å². The second-order valence-electron chi connectivity index (χ2n) is 5.50. The molecule has 7 heteroatoms. The van der Waals surface area contributed by atoms with Crippen molar-refractivity contribution in [1.82, 2.24) is 15.1 Å². The van der Waals surface area contributed by atoms with E-state index < -0.39 is 0 Å². The minimum atomic E-state index is -0.333. The Kier molecular flexibility index (Phi) is 4.66.